The second kappa shape index (κ2) is 7.07. The summed E-state index contributed by atoms with van der Waals surface area (Å²) in [7, 11) is 0. The molecule has 2 N–H and O–H groups in total. The van der Waals surface area contributed by atoms with Gasteiger partial charge in [-0.15, -0.1) is 0 Å². The minimum absolute atomic E-state index is 0.142. The molecule has 0 bridgehead atoms. The van der Waals surface area contributed by atoms with Crippen LogP contribution in [-0.2, 0) is 9.53 Å². The zero-order valence-corrected chi connectivity index (χ0v) is 12.8. The summed E-state index contributed by atoms with van der Waals surface area (Å²) in [5.41, 5.74) is 3.99. The third kappa shape index (κ3) is 5.81. The van der Waals surface area contributed by atoms with Crippen LogP contribution in [-0.4, -0.2) is 23.3 Å². The van der Waals surface area contributed by atoms with E-state index < -0.39 is 5.60 Å². The largest absolute Gasteiger partial charge is 0.460 e. The van der Waals surface area contributed by atoms with E-state index in [0.717, 1.165) is 10.7 Å². The number of aryl methyl sites for hydroxylation is 1. The number of hydrogen-bond acceptors (Lipinski definition) is 6. The third-order valence-corrected chi connectivity index (χ3v) is 2.59. The van der Waals surface area contributed by atoms with Gasteiger partial charge in [0.2, 0.25) is 0 Å². The molecule has 0 fully saturated rings. The molecule has 0 amide bonds. The molecule has 0 aliphatic heterocycles. The summed E-state index contributed by atoms with van der Waals surface area (Å²) in [6, 6.07) is 6.98. The number of rotatable bonds is 5. The van der Waals surface area contributed by atoms with Gasteiger partial charge in [-0.2, -0.15) is 10.4 Å². The summed E-state index contributed by atoms with van der Waals surface area (Å²) in [4.78, 5) is 11.5. The Morgan fingerprint density at radius 3 is 2.67 bits per heavy atom. The Balaban J connectivity index is 2.48. The highest BCUT2D eigenvalue weighted by Gasteiger charge is 2.16. The van der Waals surface area contributed by atoms with Gasteiger partial charge < -0.3 is 4.74 Å². The smallest absolute Gasteiger partial charge is 0.307 e. The average Bonchev–Trinajstić information content (AvgIpc) is 2.36. The molecule has 0 saturated carbocycles. The van der Waals surface area contributed by atoms with E-state index >= 15 is 0 Å². The van der Waals surface area contributed by atoms with Crippen molar-refractivity contribution in [1.29, 1.82) is 5.26 Å². The summed E-state index contributed by atoms with van der Waals surface area (Å²) in [6.45, 7) is 7.43. The maximum absolute atomic E-state index is 11.5. The zero-order chi connectivity index (χ0) is 16.0. The molecule has 1 aromatic rings. The summed E-state index contributed by atoms with van der Waals surface area (Å²) in [5.74, 6) is -0.334. The lowest BCUT2D eigenvalue weighted by Gasteiger charge is -2.21. The van der Waals surface area contributed by atoms with Crippen LogP contribution >= 0.6 is 0 Å². The lowest BCUT2D eigenvalue weighted by Crippen LogP contribution is -2.37. The molecular weight excluding hydrogens is 270 g/mol. The van der Waals surface area contributed by atoms with Crippen molar-refractivity contribution < 1.29 is 14.7 Å². The highest BCUT2D eigenvalue weighted by Crippen LogP contribution is 2.16. The fraction of sp³-hybridized carbons (Fsp3) is 0.467. The van der Waals surface area contributed by atoms with Crippen LogP contribution in [0, 0.1) is 18.3 Å². The summed E-state index contributed by atoms with van der Waals surface area (Å²) < 4.78 is 5.16. The molecule has 0 radical (unpaired) electrons. The van der Waals surface area contributed by atoms with Crippen molar-refractivity contribution in [3.8, 4) is 6.07 Å². The molecule has 21 heavy (non-hydrogen) atoms. The van der Waals surface area contributed by atoms with Crippen LogP contribution in [0.2, 0.25) is 0 Å². The molecule has 0 aliphatic rings. The van der Waals surface area contributed by atoms with Crippen LogP contribution in [0.25, 0.3) is 0 Å². The average molecular weight is 291 g/mol. The van der Waals surface area contributed by atoms with Gasteiger partial charge in [-0.3, -0.25) is 10.0 Å². The van der Waals surface area contributed by atoms with Crippen LogP contribution in [0.4, 0.5) is 5.69 Å². The van der Waals surface area contributed by atoms with Gasteiger partial charge in [-0.1, -0.05) is 0 Å². The number of anilines is 1. The van der Waals surface area contributed by atoms with E-state index in [2.05, 4.69) is 11.5 Å². The second-order valence-electron chi connectivity index (χ2n) is 5.67. The molecule has 0 aromatic heterocycles. The summed E-state index contributed by atoms with van der Waals surface area (Å²) >= 11 is 0. The quantitative estimate of drug-likeness (QED) is 0.639. The monoisotopic (exact) mass is 291 g/mol. The van der Waals surface area contributed by atoms with Gasteiger partial charge in [0.25, 0.3) is 0 Å². The Morgan fingerprint density at radius 1 is 1.48 bits per heavy atom. The second-order valence-corrected chi connectivity index (χ2v) is 5.67. The molecule has 0 unspecified atom stereocenters. The first-order valence-electron chi connectivity index (χ1n) is 6.68. The Labute approximate surface area is 124 Å². The number of hydrogen-bond donors (Lipinski definition) is 2. The first-order valence-corrected chi connectivity index (χ1v) is 6.68. The minimum atomic E-state index is -0.514. The first-order chi connectivity index (χ1) is 9.73. The Morgan fingerprint density at radius 2 is 2.14 bits per heavy atom. The zero-order valence-electron chi connectivity index (χ0n) is 12.8. The van der Waals surface area contributed by atoms with E-state index in [-0.39, 0.29) is 18.9 Å². The van der Waals surface area contributed by atoms with Crippen LogP contribution in [0.1, 0.15) is 38.3 Å². The van der Waals surface area contributed by atoms with E-state index in [1.165, 1.54) is 0 Å². The van der Waals surface area contributed by atoms with Crippen molar-refractivity contribution in [2.24, 2.45) is 0 Å². The molecule has 0 heterocycles. The number of nitrogens with one attached hydrogen (secondary N) is 1. The standard InChI is InChI=1S/C15H21N3O3/c1-11-9-13(6-5-12(11)10-16)18(20)17-8-7-14(19)21-15(2,3)4/h5-6,9,17,20H,7-8H2,1-4H3. The Hall–Kier alpha value is -2.10. The fourth-order valence-corrected chi connectivity index (χ4v) is 1.65. The highest BCUT2D eigenvalue weighted by atomic mass is 16.6. The van der Waals surface area contributed by atoms with E-state index in [1.54, 1.807) is 45.9 Å². The highest BCUT2D eigenvalue weighted by molar-refractivity contribution is 5.70. The van der Waals surface area contributed by atoms with Crippen molar-refractivity contribution in [2.75, 3.05) is 11.7 Å². The lowest BCUT2D eigenvalue weighted by molar-refractivity contribution is -0.154. The first kappa shape index (κ1) is 17.0. The van der Waals surface area contributed by atoms with Crippen LogP contribution < -0.4 is 10.6 Å². The molecule has 1 aromatic carbocycles. The number of carbonyl (C=O) groups is 1. The summed E-state index contributed by atoms with van der Waals surface area (Å²) in [5, 5.41) is 19.5. The van der Waals surface area contributed by atoms with Crippen molar-refractivity contribution in [1.82, 2.24) is 5.43 Å². The van der Waals surface area contributed by atoms with E-state index in [0.29, 0.717) is 11.3 Å². The van der Waals surface area contributed by atoms with E-state index in [1.807, 2.05) is 0 Å². The summed E-state index contributed by atoms with van der Waals surface area (Å²) in [6.07, 6.45) is 0.142. The Kier molecular flexibility index (Phi) is 5.70. The molecule has 0 spiro atoms. The predicted octanol–water partition coefficient (Wildman–Crippen LogP) is 2.30. The molecular formula is C15H21N3O3. The normalized spacial score (nSPS) is 10.9. The van der Waals surface area contributed by atoms with Crippen molar-refractivity contribution >= 4 is 11.7 Å². The fourth-order valence-electron chi connectivity index (χ4n) is 1.65. The van der Waals surface area contributed by atoms with Crippen LogP contribution in [0.5, 0.6) is 0 Å². The molecule has 0 aliphatic carbocycles. The maximum atomic E-state index is 11.5. The number of hydrazine groups is 1. The molecule has 6 heteroatoms. The van der Waals surface area contributed by atoms with E-state index in [4.69, 9.17) is 10.00 Å². The molecule has 0 atom stereocenters. The Bertz CT molecular complexity index is 544. The predicted molar refractivity (Wildman–Crippen MR) is 78.6 cm³/mol. The van der Waals surface area contributed by atoms with Crippen molar-refractivity contribution in [3.05, 3.63) is 29.3 Å². The minimum Gasteiger partial charge on any atom is -0.460 e. The van der Waals surface area contributed by atoms with Gasteiger partial charge in [0.05, 0.1) is 23.7 Å². The number of benzene rings is 1. The molecule has 0 saturated heterocycles. The van der Waals surface area contributed by atoms with Gasteiger partial charge in [0, 0.05) is 6.54 Å². The number of esters is 1. The van der Waals surface area contributed by atoms with Gasteiger partial charge >= 0.3 is 5.97 Å². The molecule has 114 valence electrons. The van der Waals surface area contributed by atoms with Gasteiger partial charge in [-0.25, -0.2) is 5.43 Å². The molecule has 6 nitrogen and oxygen atoms in total. The third-order valence-electron chi connectivity index (χ3n) is 2.59. The number of ether oxygens (including phenoxy) is 1. The van der Waals surface area contributed by atoms with Crippen LogP contribution in [0.15, 0.2) is 18.2 Å². The van der Waals surface area contributed by atoms with Crippen LogP contribution in [0.3, 0.4) is 0 Å². The number of nitriles is 1. The van der Waals surface area contributed by atoms with Crippen molar-refractivity contribution in [2.45, 2.75) is 39.7 Å². The van der Waals surface area contributed by atoms with E-state index in [9.17, 15) is 10.0 Å². The molecule has 1 rings (SSSR count). The van der Waals surface area contributed by atoms with Gasteiger partial charge in [0.1, 0.15) is 5.60 Å². The maximum Gasteiger partial charge on any atom is 0.307 e. The number of nitrogens with zero attached hydrogens (tertiary/aromatic N) is 2. The van der Waals surface area contributed by atoms with Crippen molar-refractivity contribution in [3.63, 3.8) is 0 Å². The SMILES string of the molecule is Cc1cc(N(O)NCCC(=O)OC(C)(C)C)ccc1C#N. The van der Waals surface area contributed by atoms with Gasteiger partial charge in [-0.05, 0) is 51.5 Å². The topological polar surface area (TPSA) is 85.6 Å². The van der Waals surface area contributed by atoms with Gasteiger partial charge in [0.15, 0.2) is 0 Å². The lowest BCUT2D eigenvalue weighted by atomic mass is 10.1. The number of carbonyl (C=O) groups excluding carboxylic acids is 1.